The summed E-state index contributed by atoms with van der Waals surface area (Å²) >= 11 is 0. The highest BCUT2D eigenvalue weighted by Crippen LogP contribution is 2.19. The summed E-state index contributed by atoms with van der Waals surface area (Å²) in [6, 6.07) is 8.09. The molecule has 2 aromatic rings. The number of benzene rings is 2. The first-order valence-electron chi connectivity index (χ1n) is 5.59. The van der Waals surface area contributed by atoms with Crippen molar-refractivity contribution in [2.45, 2.75) is 11.5 Å². The lowest BCUT2D eigenvalue weighted by atomic mass is 10.2. The molecule has 0 fully saturated rings. The summed E-state index contributed by atoms with van der Waals surface area (Å²) in [5, 5.41) is 8.97. The summed E-state index contributed by atoms with van der Waals surface area (Å²) in [7, 11) is -4.09. The molecule has 2 rings (SSSR count). The molecule has 2 N–H and O–H groups in total. The van der Waals surface area contributed by atoms with Crippen molar-refractivity contribution in [1.29, 1.82) is 0 Å². The summed E-state index contributed by atoms with van der Waals surface area (Å²) in [4.78, 5) is -0.510. The Balaban J connectivity index is 2.35. The second-order valence-electron chi connectivity index (χ2n) is 4.07. The van der Waals surface area contributed by atoms with E-state index in [4.69, 9.17) is 5.11 Å². The molecule has 0 amide bonds. The van der Waals surface area contributed by atoms with Gasteiger partial charge in [-0.05, 0) is 29.8 Å². The molecule has 0 aliphatic heterocycles. The summed E-state index contributed by atoms with van der Waals surface area (Å²) in [6.07, 6.45) is 0. The Kier molecular flexibility index (Phi) is 4.01. The number of halogens is 2. The van der Waals surface area contributed by atoms with Crippen LogP contribution in [0, 0.1) is 11.6 Å². The van der Waals surface area contributed by atoms with Gasteiger partial charge in [0.15, 0.2) is 0 Å². The van der Waals surface area contributed by atoms with Gasteiger partial charge in [-0.15, -0.1) is 0 Å². The lowest BCUT2D eigenvalue weighted by Gasteiger charge is -2.09. The first-order valence-corrected chi connectivity index (χ1v) is 7.08. The minimum atomic E-state index is -4.09. The number of aliphatic hydroxyl groups is 1. The van der Waals surface area contributed by atoms with E-state index < -0.39 is 26.6 Å². The van der Waals surface area contributed by atoms with Gasteiger partial charge in [0.25, 0.3) is 10.0 Å². The standard InChI is InChI=1S/C13H11F2NO3S/c14-10-5-11(15)7-13(6-10)20(18,19)16-12-3-1-2-9(4-12)8-17/h1-7,16-17H,8H2. The van der Waals surface area contributed by atoms with Crippen LogP contribution in [-0.2, 0) is 16.6 Å². The molecule has 0 saturated carbocycles. The Morgan fingerprint density at radius 2 is 1.70 bits per heavy atom. The van der Waals surface area contributed by atoms with Crippen molar-refractivity contribution in [2.24, 2.45) is 0 Å². The van der Waals surface area contributed by atoms with Gasteiger partial charge < -0.3 is 5.11 Å². The molecule has 106 valence electrons. The lowest BCUT2D eigenvalue weighted by molar-refractivity contribution is 0.282. The van der Waals surface area contributed by atoms with Crippen LogP contribution in [0.5, 0.6) is 0 Å². The minimum absolute atomic E-state index is 0.196. The quantitative estimate of drug-likeness (QED) is 0.910. The molecule has 0 aliphatic carbocycles. The Labute approximate surface area is 114 Å². The predicted octanol–water partition coefficient (Wildman–Crippen LogP) is 2.26. The molecular formula is C13H11F2NO3S. The minimum Gasteiger partial charge on any atom is -0.392 e. The van der Waals surface area contributed by atoms with E-state index in [1.165, 1.54) is 12.1 Å². The van der Waals surface area contributed by atoms with Crippen LogP contribution in [0.2, 0.25) is 0 Å². The second-order valence-corrected chi connectivity index (χ2v) is 5.75. The molecule has 7 heteroatoms. The smallest absolute Gasteiger partial charge is 0.262 e. The predicted molar refractivity (Wildman–Crippen MR) is 69.5 cm³/mol. The van der Waals surface area contributed by atoms with Gasteiger partial charge in [-0.25, -0.2) is 17.2 Å². The van der Waals surface area contributed by atoms with Crippen molar-refractivity contribution in [1.82, 2.24) is 0 Å². The maximum atomic E-state index is 13.1. The van der Waals surface area contributed by atoms with Gasteiger partial charge in [0, 0.05) is 11.8 Å². The number of aliphatic hydroxyl groups excluding tert-OH is 1. The molecule has 0 bridgehead atoms. The first-order chi connectivity index (χ1) is 9.40. The Morgan fingerprint density at radius 1 is 1.05 bits per heavy atom. The zero-order valence-corrected chi connectivity index (χ0v) is 11.0. The van der Waals surface area contributed by atoms with E-state index in [1.807, 2.05) is 0 Å². The lowest BCUT2D eigenvalue weighted by Crippen LogP contribution is -2.13. The fourth-order valence-corrected chi connectivity index (χ4v) is 2.72. The van der Waals surface area contributed by atoms with Crippen molar-refractivity contribution in [2.75, 3.05) is 4.72 Å². The third-order valence-corrected chi connectivity index (χ3v) is 3.87. The van der Waals surface area contributed by atoms with Crippen LogP contribution in [0.3, 0.4) is 0 Å². The van der Waals surface area contributed by atoms with Crippen LogP contribution >= 0.6 is 0 Å². The molecule has 0 saturated heterocycles. The highest BCUT2D eigenvalue weighted by atomic mass is 32.2. The van der Waals surface area contributed by atoms with Crippen molar-refractivity contribution in [3.63, 3.8) is 0 Å². The van der Waals surface area contributed by atoms with Crippen LogP contribution in [0.15, 0.2) is 47.4 Å². The van der Waals surface area contributed by atoms with Gasteiger partial charge in [-0.3, -0.25) is 4.72 Å². The van der Waals surface area contributed by atoms with E-state index in [2.05, 4.69) is 4.72 Å². The van der Waals surface area contributed by atoms with Gasteiger partial charge in [0.05, 0.1) is 11.5 Å². The zero-order valence-electron chi connectivity index (χ0n) is 10.2. The van der Waals surface area contributed by atoms with Crippen molar-refractivity contribution in [3.8, 4) is 0 Å². The maximum absolute atomic E-state index is 13.1. The van der Waals surface area contributed by atoms with Gasteiger partial charge in [0.2, 0.25) is 0 Å². The zero-order chi connectivity index (χ0) is 14.8. The number of nitrogens with one attached hydrogen (secondary N) is 1. The summed E-state index contributed by atoms with van der Waals surface area (Å²) in [5.41, 5.74) is 0.705. The number of sulfonamides is 1. The summed E-state index contributed by atoms with van der Waals surface area (Å²) in [5.74, 6) is -1.95. The van der Waals surface area contributed by atoms with Gasteiger partial charge >= 0.3 is 0 Å². The molecule has 0 spiro atoms. The van der Waals surface area contributed by atoms with Crippen molar-refractivity contribution >= 4 is 15.7 Å². The van der Waals surface area contributed by atoms with E-state index in [0.29, 0.717) is 11.6 Å². The maximum Gasteiger partial charge on any atom is 0.262 e. The molecule has 0 aliphatic rings. The van der Waals surface area contributed by atoms with Gasteiger partial charge in [0.1, 0.15) is 11.6 Å². The van der Waals surface area contributed by atoms with E-state index in [-0.39, 0.29) is 12.3 Å². The number of rotatable bonds is 4. The second kappa shape index (κ2) is 5.56. The topological polar surface area (TPSA) is 66.4 Å². The molecule has 0 heterocycles. The van der Waals surface area contributed by atoms with Crippen LogP contribution in [0.25, 0.3) is 0 Å². The Hall–Kier alpha value is -1.99. The SMILES string of the molecule is O=S(=O)(Nc1cccc(CO)c1)c1cc(F)cc(F)c1. The van der Waals surface area contributed by atoms with Crippen LogP contribution in [0.1, 0.15) is 5.56 Å². The first kappa shape index (κ1) is 14.4. The number of hydrogen-bond donors (Lipinski definition) is 2. The highest BCUT2D eigenvalue weighted by molar-refractivity contribution is 7.92. The fraction of sp³-hybridized carbons (Fsp3) is 0.0769. The van der Waals surface area contributed by atoms with Gasteiger partial charge in [-0.2, -0.15) is 0 Å². The molecule has 4 nitrogen and oxygen atoms in total. The fourth-order valence-electron chi connectivity index (χ4n) is 1.63. The average Bonchev–Trinajstić information content (AvgIpc) is 2.37. The third kappa shape index (κ3) is 3.31. The molecule has 0 unspecified atom stereocenters. The Bertz CT molecular complexity index is 712. The van der Waals surface area contributed by atoms with Crippen molar-refractivity contribution in [3.05, 3.63) is 59.7 Å². The largest absolute Gasteiger partial charge is 0.392 e. The van der Waals surface area contributed by atoms with E-state index >= 15 is 0 Å². The Morgan fingerprint density at radius 3 is 2.30 bits per heavy atom. The van der Waals surface area contributed by atoms with Crippen molar-refractivity contribution < 1.29 is 22.3 Å². The van der Waals surface area contributed by atoms with Crippen LogP contribution < -0.4 is 4.72 Å². The highest BCUT2D eigenvalue weighted by Gasteiger charge is 2.16. The van der Waals surface area contributed by atoms with E-state index in [9.17, 15) is 17.2 Å². The summed E-state index contributed by atoms with van der Waals surface area (Å²) in [6.45, 7) is -0.246. The van der Waals surface area contributed by atoms with E-state index in [0.717, 1.165) is 12.1 Å². The molecule has 0 radical (unpaired) electrons. The molecule has 20 heavy (non-hydrogen) atoms. The monoisotopic (exact) mass is 299 g/mol. The molecule has 2 aromatic carbocycles. The van der Waals surface area contributed by atoms with E-state index in [1.54, 1.807) is 12.1 Å². The van der Waals surface area contributed by atoms with Crippen LogP contribution in [-0.4, -0.2) is 13.5 Å². The molecule has 0 atom stereocenters. The number of anilines is 1. The molecule has 0 aromatic heterocycles. The third-order valence-electron chi connectivity index (χ3n) is 2.51. The normalized spacial score (nSPS) is 11.3. The number of hydrogen-bond acceptors (Lipinski definition) is 3. The summed E-state index contributed by atoms with van der Waals surface area (Å²) < 4.78 is 52.3. The van der Waals surface area contributed by atoms with Gasteiger partial charge in [-0.1, -0.05) is 12.1 Å². The van der Waals surface area contributed by atoms with Crippen LogP contribution in [0.4, 0.5) is 14.5 Å². The molecular weight excluding hydrogens is 288 g/mol. The average molecular weight is 299 g/mol.